The Morgan fingerprint density at radius 1 is 0.439 bits per heavy atom. The van der Waals surface area contributed by atoms with Crippen LogP contribution in [0.1, 0.15) is 20.6 Å². The highest BCUT2D eigenvalue weighted by Crippen LogP contribution is 2.46. The monoisotopic (exact) mass is 535 g/mol. The van der Waals surface area contributed by atoms with Crippen molar-refractivity contribution >= 4 is 65.0 Å². The summed E-state index contributed by atoms with van der Waals surface area (Å²) in [7, 11) is 0. The van der Waals surface area contributed by atoms with Crippen LogP contribution < -0.4 is 0 Å². The lowest BCUT2D eigenvalue weighted by molar-refractivity contribution is 0.669. The predicted molar refractivity (Wildman–Crippen MR) is 175 cm³/mol. The molecule has 1 nitrogen and oxygen atoms in total. The Hall–Kier alpha value is -5.40. The summed E-state index contributed by atoms with van der Waals surface area (Å²) in [4.78, 5) is 0. The summed E-state index contributed by atoms with van der Waals surface area (Å²) >= 11 is 0. The number of hydrogen-bond donors (Lipinski definition) is 0. The van der Waals surface area contributed by atoms with Gasteiger partial charge in [-0.1, -0.05) is 127 Å². The minimum Gasteiger partial charge on any atom is -0.456 e. The molecule has 1 heterocycles. The largest absolute Gasteiger partial charge is 0.456 e. The van der Waals surface area contributed by atoms with Crippen LogP contribution in [-0.2, 0) is 0 Å². The summed E-state index contributed by atoms with van der Waals surface area (Å²) in [5, 5.41) is 1.38. The van der Waals surface area contributed by atoms with Gasteiger partial charge >= 0.3 is 0 Å². The van der Waals surface area contributed by atoms with Gasteiger partial charge in [-0.15, -0.1) is 0 Å². The first-order chi connectivity index (χ1) is 26.6. The van der Waals surface area contributed by atoms with Crippen molar-refractivity contribution in [2.75, 3.05) is 0 Å². The van der Waals surface area contributed by atoms with E-state index in [0.717, 1.165) is 16.2 Å². The molecular formula is C40H24O. The van der Waals surface area contributed by atoms with Crippen LogP contribution in [0.2, 0.25) is 0 Å². The second-order valence-corrected chi connectivity index (χ2v) is 9.72. The van der Waals surface area contributed by atoms with E-state index in [-0.39, 0.29) is 32.7 Å². The van der Waals surface area contributed by atoms with Crippen molar-refractivity contribution in [3.8, 4) is 22.3 Å². The fourth-order valence-electron chi connectivity index (χ4n) is 5.87. The Labute approximate surface area is 258 Å². The van der Waals surface area contributed by atoms with Gasteiger partial charge in [-0.2, -0.15) is 0 Å². The lowest BCUT2D eigenvalue weighted by atomic mass is 9.84. The van der Waals surface area contributed by atoms with Gasteiger partial charge in [0.1, 0.15) is 11.2 Å². The van der Waals surface area contributed by atoms with Crippen molar-refractivity contribution in [2.24, 2.45) is 0 Å². The lowest BCUT2D eigenvalue weighted by Gasteiger charge is -2.18. The molecule has 1 aromatic heterocycles. The summed E-state index contributed by atoms with van der Waals surface area (Å²) in [6, 6.07) is 6.31. The van der Waals surface area contributed by atoms with Crippen LogP contribution in [0.25, 0.3) is 87.3 Å². The van der Waals surface area contributed by atoms with Crippen molar-refractivity contribution in [1.82, 2.24) is 0 Å². The highest BCUT2D eigenvalue weighted by Gasteiger charge is 2.19. The molecule has 0 N–H and O–H groups in total. The van der Waals surface area contributed by atoms with Crippen LogP contribution in [0.3, 0.4) is 0 Å². The van der Waals surface area contributed by atoms with E-state index in [1.807, 2.05) is 36.4 Å². The molecule has 8 aromatic carbocycles. The van der Waals surface area contributed by atoms with Gasteiger partial charge in [0.15, 0.2) is 0 Å². The molecule has 9 aromatic rings. The van der Waals surface area contributed by atoms with Gasteiger partial charge in [-0.25, -0.2) is 0 Å². The third-order valence-corrected chi connectivity index (χ3v) is 7.59. The van der Waals surface area contributed by atoms with Gasteiger partial charge in [0, 0.05) is 10.8 Å². The molecule has 0 aliphatic carbocycles. The average Bonchev–Trinajstić information content (AvgIpc) is 3.58. The Balaban J connectivity index is 1.61. The zero-order chi connectivity index (χ0) is 40.0. The van der Waals surface area contributed by atoms with E-state index in [1.54, 1.807) is 18.2 Å². The topological polar surface area (TPSA) is 13.1 Å². The van der Waals surface area contributed by atoms with E-state index < -0.39 is 107 Å². The van der Waals surface area contributed by atoms with Crippen LogP contribution in [0, 0.1) is 0 Å². The highest BCUT2D eigenvalue weighted by atomic mass is 16.3. The van der Waals surface area contributed by atoms with E-state index in [1.165, 1.54) is 0 Å². The van der Waals surface area contributed by atoms with Crippen LogP contribution >= 0.6 is 0 Å². The molecule has 41 heavy (non-hydrogen) atoms. The summed E-state index contributed by atoms with van der Waals surface area (Å²) in [6.07, 6.45) is 0. The molecule has 0 unspecified atom stereocenters. The van der Waals surface area contributed by atoms with Crippen molar-refractivity contribution in [3.05, 3.63) is 145 Å². The molecule has 0 fully saturated rings. The van der Waals surface area contributed by atoms with Gasteiger partial charge < -0.3 is 4.42 Å². The second-order valence-electron chi connectivity index (χ2n) is 9.72. The molecule has 0 aliphatic rings. The van der Waals surface area contributed by atoms with Gasteiger partial charge in [0.2, 0.25) is 0 Å². The first kappa shape index (κ1) is 12.4. The van der Waals surface area contributed by atoms with E-state index in [2.05, 4.69) is 0 Å². The summed E-state index contributed by atoms with van der Waals surface area (Å²) in [5.74, 6) is 0. The van der Waals surface area contributed by atoms with E-state index in [9.17, 15) is 6.85 Å². The molecular weight excluding hydrogens is 496 g/mol. The SMILES string of the molecule is [2H]c1c([2H])c([2H])c2c(-c3c4c([2H])c([2H])c([2H])c([2H])c4c(-c4ccc5oc6ccc7ccccc7c6c5c4)c4c([2H])c([2H])c([2H])c([2H])c34)c([2H])c([2H])c([2H])c2c1[2H]. The standard InChI is InChI=1S/C40H24O/c1-3-13-28-25(10-1)12-9-19-30(28)39-33-17-7-5-15-31(33)38(32-16-6-8-18-34(32)39)27-21-22-36-35(24-27)40-29-14-4-2-11-26(29)20-23-37(40)41-36/h1-24H/i1D,3D,5D,6D,7D,8D,9D,10D,12D,13D,15D,16D,17D,18D,19D. The third-order valence-electron chi connectivity index (χ3n) is 7.59. The van der Waals surface area contributed by atoms with Gasteiger partial charge in [0.05, 0.1) is 20.6 Å². The normalized spacial score (nSPS) is 17.0. The molecule has 1 heteroatoms. The van der Waals surface area contributed by atoms with Crippen LogP contribution in [0.4, 0.5) is 0 Å². The first-order valence-corrected chi connectivity index (χ1v) is 12.9. The predicted octanol–water partition coefficient (Wildman–Crippen LogP) is 11.5. The molecule has 0 amide bonds. The Morgan fingerprint density at radius 2 is 1.07 bits per heavy atom. The number of fused-ring (bicyclic) bond motifs is 8. The molecule has 0 atom stereocenters. The maximum atomic E-state index is 9.34. The van der Waals surface area contributed by atoms with Crippen molar-refractivity contribution in [3.63, 3.8) is 0 Å². The minimum absolute atomic E-state index is 0.0233. The Kier molecular flexibility index (Phi) is 2.59. The van der Waals surface area contributed by atoms with E-state index >= 15 is 0 Å². The molecule has 0 saturated carbocycles. The van der Waals surface area contributed by atoms with E-state index in [4.69, 9.17) is 18.1 Å². The number of benzene rings is 8. The quantitative estimate of drug-likeness (QED) is 0.201. The van der Waals surface area contributed by atoms with Crippen molar-refractivity contribution < 1.29 is 25.0 Å². The van der Waals surface area contributed by atoms with Crippen LogP contribution in [-0.4, -0.2) is 0 Å². The molecule has 0 aliphatic heterocycles. The molecule has 0 saturated heterocycles. The minimum atomic E-state index is -0.755. The van der Waals surface area contributed by atoms with Crippen LogP contribution in [0.5, 0.6) is 0 Å². The fourth-order valence-corrected chi connectivity index (χ4v) is 5.87. The maximum Gasteiger partial charge on any atom is 0.136 e. The summed E-state index contributed by atoms with van der Waals surface area (Å²) in [6.45, 7) is 0. The third kappa shape index (κ3) is 3.24. The second kappa shape index (κ2) is 8.55. The van der Waals surface area contributed by atoms with E-state index in [0.29, 0.717) is 22.1 Å². The average molecular weight is 536 g/mol. The molecule has 0 bridgehead atoms. The van der Waals surface area contributed by atoms with Gasteiger partial charge in [-0.3, -0.25) is 0 Å². The van der Waals surface area contributed by atoms with Gasteiger partial charge in [-0.05, 0) is 83.5 Å². The van der Waals surface area contributed by atoms with Crippen molar-refractivity contribution in [2.45, 2.75) is 0 Å². The molecule has 0 radical (unpaired) electrons. The molecule has 9 rings (SSSR count). The first-order valence-electron chi connectivity index (χ1n) is 20.4. The smallest absolute Gasteiger partial charge is 0.136 e. The van der Waals surface area contributed by atoms with Crippen LogP contribution in [0.15, 0.2) is 150 Å². The highest BCUT2D eigenvalue weighted by molar-refractivity contribution is 6.25. The summed E-state index contributed by atoms with van der Waals surface area (Å²) in [5.41, 5.74) is 0.611. The Morgan fingerprint density at radius 3 is 1.85 bits per heavy atom. The Bertz CT molecular complexity index is 3220. The zero-order valence-corrected chi connectivity index (χ0v) is 21.1. The number of hydrogen-bond acceptors (Lipinski definition) is 1. The van der Waals surface area contributed by atoms with Crippen molar-refractivity contribution in [1.29, 1.82) is 0 Å². The number of rotatable bonds is 2. The summed E-state index contributed by atoms with van der Waals surface area (Å²) < 4.78 is 140. The lowest BCUT2D eigenvalue weighted by Crippen LogP contribution is -1.91. The van der Waals surface area contributed by atoms with Gasteiger partial charge in [0.25, 0.3) is 0 Å². The molecule has 0 spiro atoms. The molecule has 190 valence electrons. The number of furan rings is 1. The maximum absolute atomic E-state index is 9.34. The fraction of sp³-hybridized carbons (Fsp3) is 0. The zero-order valence-electron chi connectivity index (χ0n) is 36.1.